The number of hydrogen-bond donors (Lipinski definition) is 1. The third-order valence-corrected chi connectivity index (χ3v) is 5.10. The average Bonchev–Trinajstić information content (AvgIpc) is 2.97. The topological polar surface area (TPSA) is 15.3 Å². The highest BCUT2D eigenvalue weighted by atomic mass is 15.2. The number of nitrogens with zero attached hydrogens (tertiary/aromatic N) is 1. The zero-order valence-corrected chi connectivity index (χ0v) is 13.9. The van der Waals surface area contributed by atoms with Crippen LogP contribution in [0.3, 0.4) is 0 Å². The summed E-state index contributed by atoms with van der Waals surface area (Å²) < 4.78 is 0. The normalized spacial score (nSPS) is 22.2. The SMILES string of the molecule is CC(C)CN(CCCNC1CCCCC1)C1CCCC1. The summed E-state index contributed by atoms with van der Waals surface area (Å²) in [5.74, 6) is 0.807. The fraction of sp³-hybridized carbons (Fsp3) is 1.00. The standard InChI is InChI=1S/C18H36N2/c1-16(2)15-20(18-11-6-7-12-18)14-8-13-19-17-9-4-3-5-10-17/h16-19H,3-15H2,1-2H3. The lowest BCUT2D eigenvalue weighted by molar-refractivity contribution is 0.173. The molecule has 0 heterocycles. The van der Waals surface area contributed by atoms with Gasteiger partial charge in [0.2, 0.25) is 0 Å². The molecule has 1 N–H and O–H groups in total. The van der Waals surface area contributed by atoms with Gasteiger partial charge in [-0.3, -0.25) is 0 Å². The van der Waals surface area contributed by atoms with Crippen molar-refractivity contribution in [1.29, 1.82) is 0 Å². The van der Waals surface area contributed by atoms with Crippen LogP contribution in [0, 0.1) is 5.92 Å². The van der Waals surface area contributed by atoms with Gasteiger partial charge in [0.05, 0.1) is 0 Å². The second-order valence-corrected chi connectivity index (χ2v) is 7.47. The van der Waals surface area contributed by atoms with Gasteiger partial charge in [-0.25, -0.2) is 0 Å². The number of rotatable bonds is 8. The van der Waals surface area contributed by atoms with Crippen LogP contribution in [-0.2, 0) is 0 Å². The molecule has 0 aromatic carbocycles. The van der Waals surface area contributed by atoms with E-state index in [-0.39, 0.29) is 0 Å². The van der Waals surface area contributed by atoms with E-state index in [4.69, 9.17) is 0 Å². The Bertz CT molecular complexity index is 240. The maximum atomic E-state index is 3.79. The van der Waals surface area contributed by atoms with Crippen molar-refractivity contribution in [3.05, 3.63) is 0 Å². The molecule has 0 amide bonds. The Kier molecular flexibility index (Phi) is 7.37. The lowest BCUT2D eigenvalue weighted by Gasteiger charge is -2.31. The number of hydrogen-bond acceptors (Lipinski definition) is 2. The predicted molar refractivity (Wildman–Crippen MR) is 88.2 cm³/mol. The quantitative estimate of drug-likeness (QED) is 0.670. The first-order chi connectivity index (χ1) is 9.75. The maximum absolute atomic E-state index is 3.79. The molecular formula is C18H36N2. The van der Waals surface area contributed by atoms with Crippen molar-refractivity contribution in [2.75, 3.05) is 19.6 Å². The summed E-state index contributed by atoms with van der Waals surface area (Å²) in [6, 6.07) is 1.72. The van der Waals surface area contributed by atoms with E-state index in [1.165, 1.54) is 83.8 Å². The van der Waals surface area contributed by atoms with Gasteiger partial charge in [0.25, 0.3) is 0 Å². The molecular weight excluding hydrogens is 244 g/mol. The lowest BCUT2D eigenvalue weighted by atomic mass is 9.95. The lowest BCUT2D eigenvalue weighted by Crippen LogP contribution is -2.39. The molecule has 0 bridgehead atoms. The van der Waals surface area contributed by atoms with Gasteiger partial charge in [0.1, 0.15) is 0 Å². The summed E-state index contributed by atoms with van der Waals surface area (Å²) in [7, 11) is 0. The molecule has 2 nitrogen and oxygen atoms in total. The van der Waals surface area contributed by atoms with Crippen LogP contribution >= 0.6 is 0 Å². The highest BCUT2D eigenvalue weighted by Crippen LogP contribution is 2.24. The van der Waals surface area contributed by atoms with Crippen LogP contribution in [0.2, 0.25) is 0 Å². The van der Waals surface area contributed by atoms with E-state index in [0.717, 1.165) is 18.0 Å². The van der Waals surface area contributed by atoms with E-state index in [2.05, 4.69) is 24.1 Å². The van der Waals surface area contributed by atoms with E-state index in [1.807, 2.05) is 0 Å². The van der Waals surface area contributed by atoms with Crippen LogP contribution in [0.1, 0.15) is 78.1 Å². The largest absolute Gasteiger partial charge is 0.314 e. The van der Waals surface area contributed by atoms with Crippen LogP contribution in [-0.4, -0.2) is 36.6 Å². The molecule has 2 aliphatic carbocycles. The Balaban J connectivity index is 1.62. The van der Waals surface area contributed by atoms with Gasteiger partial charge < -0.3 is 10.2 Å². The Labute approximate surface area is 126 Å². The third kappa shape index (κ3) is 5.73. The first kappa shape index (κ1) is 16.3. The van der Waals surface area contributed by atoms with Gasteiger partial charge in [-0.15, -0.1) is 0 Å². The first-order valence-electron chi connectivity index (χ1n) is 9.23. The molecule has 118 valence electrons. The van der Waals surface area contributed by atoms with Crippen molar-refractivity contribution in [2.45, 2.75) is 90.1 Å². The van der Waals surface area contributed by atoms with E-state index >= 15 is 0 Å². The molecule has 0 spiro atoms. The van der Waals surface area contributed by atoms with Gasteiger partial charge in [0.15, 0.2) is 0 Å². The number of nitrogens with one attached hydrogen (secondary N) is 1. The minimum absolute atomic E-state index is 0.807. The molecule has 2 fully saturated rings. The fourth-order valence-electron chi connectivity index (χ4n) is 4.06. The zero-order chi connectivity index (χ0) is 14.2. The molecule has 0 unspecified atom stereocenters. The molecule has 0 aromatic rings. The van der Waals surface area contributed by atoms with E-state index in [9.17, 15) is 0 Å². The van der Waals surface area contributed by atoms with Gasteiger partial charge >= 0.3 is 0 Å². The van der Waals surface area contributed by atoms with Crippen LogP contribution in [0.4, 0.5) is 0 Å². The summed E-state index contributed by atoms with van der Waals surface area (Å²) in [4.78, 5) is 2.79. The van der Waals surface area contributed by atoms with Crippen LogP contribution in [0.15, 0.2) is 0 Å². The molecule has 2 heteroatoms. The summed E-state index contributed by atoms with van der Waals surface area (Å²) in [5, 5.41) is 3.79. The molecule has 0 saturated heterocycles. The van der Waals surface area contributed by atoms with E-state index in [0.29, 0.717) is 0 Å². The minimum atomic E-state index is 0.807. The molecule has 0 radical (unpaired) electrons. The molecule has 0 aromatic heterocycles. The van der Waals surface area contributed by atoms with Crippen molar-refractivity contribution >= 4 is 0 Å². The summed E-state index contributed by atoms with van der Waals surface area (Å²) in [6.45, 7) is 8.56. The van der Waals surface area contributed by atoms with Crippen molar-refractivity contribution in [2.24, 2.45) is 5.92 Å². The monoisotopic (exact) mass is 280 g/mol. The second-order valence-electron chi connectivity index (χ2n) is 7.47. The van der Waals surface area contributed by atoms with Crippen LogP contribution in [0.5, 0.6) is 0 Å². The smallest absolute Gasteiger partial charge is 0.00953 e. The molecule has 2 aliphatic rings. The summed E-state index contributed by atoms with van der Waals surface area (Å²) in [6.07, 6.45) is 14.3. The maximum Gasteiger partial charge on any atom is 0.00953 e. The molecule has 2 rings (SSSR count). The highest BCUT2D eigenvalue weighted by Gasteiger charge is 2.22. The van der Waals surface area contributed by atoms with Crippen LogP contribution in [0.25, 0.3) is 0 Å². The van der Waals surface area contributed by atoms with Gasteiger partial charge in [0, 0.05) is 18.6 Å². The Hall–Kier alpha value is -0.0800. The Morgan fingerprint density at radius 3 is 2.25 bits per heavy atom. The zero-order valence-electron chi connectivity index (χ0n) is 13.9. The summed E-state index contributed by atoms with van der Waals surface area (Å²) >= 11 is 0. The first-order valence-corrected chi connectivity index (χ1v) is 9.23. The van der Waals surface area contributed by atoms with Crippen LogP contribution < -0.4 is 5.32 Å². The highest BCUT2D eigenvalue weighted by molar-refractivity contribution is 4.79. The Morgan fingerprint density at radius 1 is 0.950 bits per heavy atom. The minimum Gasteiger partial charge on any atom is -0.314 e. The van der Waals surface area contributed by atoms with E-state index in [1.54, 1.807) is 0 Å². The van der Waals surface area contributed by atoms with Crippen molar-refractivity contribution < 1.29 is 0 Å². The third-order valence-electron chi connectivity index (χ3n) is 5.10. The molecule has 2 saturated carbocycles. The molecule has 0 atom stereocenters. The van der Waals surface area contributed by atoms with Gasteiger partial charge in [-0.2, -0.15) is 0 Å². The average molecular weight is 280 g/mol. The van der Waals surface area contributed by atoms with Gasteiger partial charge in [-0.05, 0) is 51.1 Å². The molecule has 20 heavy (non-hydrogen) atoms. The predicted octanol–water partition coefficient (Wildman–Crippen LogP) is 4.20. The van der Waals surface area contributed by atoms with Gasteiger partial charge in [-0.1, -0.05) is 46.0 Å². The summed E-state index contributed by atoms with van der Waals surface area (Å²) in [5.41, 5.74) is 0. The Morgan fingerprint density at radius 2 is 1.60 bits per heavy atom. The second kappa shape index (κ2) is 9.04. The van der Waals surface area contributed by atoms with Crippen molar-refractivity contribution in [3.63, 3.8) is 0 Å². The molecule has 0 aliphatic heterocycles. The van der Waals surface area contributed by atoms with E-state index < -0.39 is 0 Å². The fourth-order valence-corrected chi connectivity index (χ4v) is 4.06. The van der Waals surface area contributed by atoms with Crippen molar-refractivity contribution in [3.8, 4) is 0 Å². The van der Waals surface area contributed by atoms with Crippen molar-refractivity contribution in [1.82, 2.24) is 10.2 Å².